The molecule has 0 saturated heterocycles. The first-order valence-corrected chi connectivity index (χ1v) is 10.5. The van der Waals surface area contributed by atoms with Gasteiger partial charge in [0.05, 0.1) is 6.61 Å². The summed E-state index contributed by atoms with van der Waals surface area (Å²) < 4.78 is 30.3. The molecule has 2 aromatic carbocycles. The van der Waals surface area contributed by atoms with Crippen LogP contribution in [0, 0.1) is 5.41 Å². The van der Waals surface area contributed by atoms with Crippen LogP contribution in [-0.2, 0) is 17.6 Å². The van der Waals surface area contributed by atoms with Gasteiger partial charge in [-0.25, -0.2) is 0 Å². The zero-order valence-electron chi connectivity index (χ0n) is 17.1. The van der Waals surface area contributed by atoms with Gasteiger partial charge in [0.2, 0.25) is 0 Å². The van der Waals surface area contributed by atoms with E-state index in [0.717, 1.165) is 30.4 Å². The van der Waals surface area contributed by atoms with Crippen LogP contribution in [0.25, 0.3) is 5.57 Å². The average Bonchev–Trinajstić information content (AvgIpc) is 2.77. The van der Waals surface area contributed by atoms with Crippen molar-refractivity contribution in [3.8, 4) is 0 Å². The second kappa shape index (κ2) is 10.5. The number of allylic oxidation sites excluding steroid dienone is 3. The highest BCUT2D eigenvalue weighted by Gasteiger charge is 2.30. The summed E-state index contributed by atoms with van der Waals surface area (Å²) in [7, 11) is 0. The first kappa shape index (κ1) is 21.4. The van der Waals surface area contributed by atoms with Gasteiger partial charge in [0.25, 0.3) is 0 Å². The van der Waals surface area contributed by atoms with Crippen molar-refractivity contribution in [3.05, 3.63) is 89.5 Å². The molecule has 3 rings (SSSR count). The smallest absolute Gasteiger partial charge is 0.322 e. The maximum absolute atomic E-state index is 12.7. The van der Waals surface area contributed by atoms with Crippen LogP contribution in [0.3, 0.4) is 0 Å². The van der Waals surface area contributed by atoms with Crippen molar-refractivity contribution in [2.75, 3.05) is 6.61 Å². The minimum atomic E-state index is -2.74. The van der Waals surface area contributed by atoms with Crippen molar-refractivity contribution >= 4 is 5.57 Å². The van der Waals surface area contributed by atoms with Gasteiger partial charge < -0.3 is 4.74 Å². The van der Waals surface area contributed by atoms with Crippen LogP contribution in [-0.4, -0.2) is 13.2 Å². The number of hydrogen-bond donors (Lipinski definition) is 0. The fourth-order valence-corrected chi connectivity index (χ4v) is 3.80. The number of hydrogen-bond acceptors (Lipinski definition) is 1. The number of aryl methyl sites for hydroxylation is 2. The molecule has 1 aliphatic carbocycles. The predicted molar refractivity (Wildman–Crippen MR) is 116 cm³/mol. The number of benzene rings is 2. The van der Waals surface area contributed by atoms with Gasteiger partial charge in [-0.3, -0.25) is 0 Å². The molecule has 1 aliphatic rings. The van der Waals surface area contributed by atoms with Gasteiger partial charge in [0, 0.05) is 5.41 Å². The average molecular weight is 397 g/mol. The summed E-state index contributed by atoms with van der Waals surface area (Å²) in [6.45, 7) is -0.503. The van der Waals surface area contributed by atoms with E-state index in [0.29, 0.717) is 6.42 Å². The van der Waals surface area contributed by atoms with Crippen molar-refractivity contribution in [2.45, 2.75) is 52.1 Å². The molecule has 154 valence electrons. The molecule has 0 aromatic heterocycles. The Kier molecular flexibility index (Phi) is 7.76. The van der Waals surface area contributed by atoms with Crippen molar-refractivity contribution < 1.29 is 13.5 Å². The minimum absolute atomic E-state index is 0.0360. The Balaban J connectivity index is 1.66. The lowest BCUT2D eigenvalue weighted by Gasteiger charge is -2.32. The molecule has 0 aliphatic heterocycles. The Morgan fingerprint density at radius 3 is 2.24 bits per heavy atom. The Morgan fingerprint density at radius 2 is 1.66 bits per heavy atom. The lowest BCUT2D eigenvalue weighted by atomic mass is 9.75. The number of alkyl halides is 2. The number of rotatable bonds is 10. The molecule has 29 heavy (non-hydrogen) atoms. The molecule has 0 radical (unpaired) electrons. The van der Waals surface area contributed by atoms with Crippen molar-refractivity contribution in [2.24, 2.45) is 5.41 Å². The first-order valence-electron chi connectivity index (χ1n) is 10.5. The Morgan fingerprint density at radius 1 is 0.966 bits per heavy atom. The molecular formula is C26H30F2O. The summed E-state index contributed by atoms with van der Waals surface area (Å²) in [5.41, 5.74) is 4.50. The molecule has 1 unspecified atom stereocenters. The SMILES string of the molecule is CCCCc1ccc(CCC2(COC(F)F)C=CC(c3ccccc3)=CC2)cc1. The summed E-state index contributed by atoms with van der Waals surface area (Å²) in [5.74, 6) is 0. The van der Waals surface area contributed by atoms with E-state index in [1.54, 1.807) is 0 Å². The fraction of sp³-hybridized carbons (Fsp3) is 0.385. The third kappa shape index (κ3) is 6.37. The molecule has 0 fully saturated rings. The summed E-state index contributed by atoms with van der Waals surface area (Å²) >= 11 is 0. The molecule has 0 amide bonds. The second-order valence-electron chi connectivity index (χ2n) is 7.92. The zero-order chi connectivity index (χ0) is 20.5. The predicted octanol–water partition coefficient (Wildman–Crippen LogP) is 7.23. The highest BCUT2D eigenvalue weighted by atomic mass is 19.3. The van der Waals surface area contributed by atoms with E-state index in [1.165, 1.54) is 24.0 Å². The quantitative estimate of drug-likeness (QED) is 0.411. The first-order chi connectivity index (χ1) is 14.1. The molecule has 0 N–H and O–H groups in total. The maximum atomic E-state index is 12.7. The summed E-state index contributed by atoms with van der Waals surface area (Å²) in [6, 6.07) is 18.9. The molecular weight excluding hydrogens is 366 g/mol. The van der Waals surface area contributed by atoms with E-state index < -0.39 is 12.0 Å². The summed E-state index contributed by atoms with van der Waals surface area (Å²) in [6.07, 6.45) is 12.1. The normalized spacial score (nSPS) is 18.8. The molecule has 0 spiro atoms. The second-order valence-corrected chi connectivity index (χ2v) is 7.92. The largest absolute Gasteiger partial charge is 0.345 e. The molecule has 0 saturated carbocycles. The van der Waals surface area contributed by atoms with E-state index in [1.807, 2.05) is 18.2 Å². The summed E-state index contributed by atoms with van der Waals surface area (Å²) in [5, 5.41) is 0. The van der Waals surface area contributed by atoms with E-state index in [9.17, 15) is 8.78 Å². The van der Waals surface area contributed by atoms with Crippen LogP contribution < -0.4 is 0 Å². The molecule has 1 nitrogen and oxygen atoms in total. The Labute approximate surface area is 173 Å². The number of ether oxygens (including phenoxy) is 1. The van der Waals surface area contributed by atoms with Crippen LogP contribution in [0.2, 0.25) is 0 Å². The molecule has 1 atom stereocenters. The third-order valence-electron chi connectivity index (χ3n) is 5.70. The summed E-state index contributed by atoms with van der Waals surface area (Å²) in [4.78, 5) is 0. The third-order valence-corrected chi connectivity index (χ3v) is 5.70. The molecule has 0 heterocycles. The van der Waals surface area contributed by atoms with Gasteiger partial charge >= 0.3 is 6.61 Å². The van der Waals surface area contributed by atoms with E-state index in [4.69, 9.17) is 4.74 Å². The monoisotopic (exact) mass is 396 g/mol. The molecule has 2 aromatic rings. The lowest BCUT2D eigenvalue weighted by Crippen LogP contribution is -2.28. The fourth-order valence-electron chi connectivity index (χ4n) is 3.80. The Bertz CT molecular complexity index is 808. The topological polar surface area (TPSA) is 9.23 Å². The van der Waals surface area contributed by atoms with E-state index in [2.05, 4.69) is 61.5 Å². The number of unbranched alkanes of at least 4 members (excludes halogenated alkanes) is 1. The van der Waals surface area contributed by atoms with Gasteiger partial charge in [-0.05, 0) is 54.4 Å². The lowest BCUT2D eigenvalue weighted by molar-refractivity contribution is -0.147. The van der Waals surface area contributed by atoms with Gasteiger partial charge in [0.1, 0.15) is 0 Å². The maximum Gasteiger partial charge on any atom is 0.345 e. The highest BCUT2D eigenvalue weighted by Crippen LogP contribution is 2.38. The van der Waals surface area contributed by atoms with Gasteiger partial charge in [-0.1, -0.05) is 86.2 Å². The van der Waals surface area contributed by atoms with Gasteiger partial charge in [0.15, 0.2) is 0 Å². The van der Waals surface area contributed by atoms with Crippen LogP contribution in [0.15, 0.2) is 72.8 Å². The van der Waals surface area contributed by atoms with Gasteiger partial charge in [-0.15, -0.1) is 0 Å². The van der Waals surface area contributed by atoms with E-state index in [-0.39, 0.29) is 6.61 Å². The standard InChI is InChI=1S/C26H30F2O/c1-2-3-7-21-10-12-22(13-11-21)14-17-26(20-29-25(27)28)18-15-24(16-19-26)23-8-5-4-6-9-23/h4-6,8-13,15-16,18,25H,2-3,7,14,17,19-20H2,1H3. The molecule has 3 heteroatoms. The zero-order valence-corrected chi connectivity index (χ0v) is 17.1. The van der Waals surface area contributed by atoms with Crippen molar-refractivity contribution in [3.63, 3.8) is 0 Å². The van der Waals surface area contributed by atoms with Crippen LogP contribution in [0.5, 0.6) is 0 Å². The van der Waals surface area contributed by atoms with Crippen molar-refractivity contribution in [1.29, 1.82) is 0 Å². The highest BCUT2D eigenvalue weighted by molar-refractivity contribution is 5.75. The van der Waals surface area contributed by atoms with Crippen molar-refractivity contribution in [1.82, 2.24) is 0 Å². The molecule has 0 bridgehead atoms. The minimum Gasteiger partial charge on any atom is -0.322 e. The Hall–Kier alpha value is -2.26. The van der Waals surface area contributed by atoms with Crippen LogP contribution in [0.1, 0.15) is 49.3 Å². The van der Waals surface area contributed by atoms with E-state index >= 15 is 0 Å². The van der Waals surface area contributed by atoms with Gasteiger partial charge in [-0.2, -0.15) is 8.78 Å². The number of halogens is 2. The van der Waals surface area contributed by atoms with Crippen LogP contribution in [0.4, 0.5) is 8.78 Å². The van der Waals surface area contributed by atoms with Crippen LogP contribution >= 0.6 is 0 Å².